The number of hydrogen-bond acceptors (Lipinski definition) is 2. The lowest BCUT2D eigenvalue weighted by Gasteiger charge is -2.24. The summed E-state index contributed by atoms with van der Waals surface area (Å²) < 4.78 is 0. The fourth-order valence-corrected chi connectivity index (χ4v) is 5.04. The van der Waals surface area contributed by atoms with E-state index < -0.39 is 0 Å². The summed E-state index contributed by atoms with van der Waals surface area (Å²) in [5.41, 5.74) is 4.20. The van der Waals surface area contributed by atoms with Gasteiger partial charge < -0.3 is 4.98 Å². The first-order valence-corrected chi connectivity index (χ1v) is 7.38. The van der Waals surface area contributed by atoms with Crippen molar-refractivity contribution in [2.75, 3.05) is 0 Å². The molecule has 17 heavy (non-hydrogen) atoms. The number of rotatable bonds is 1. The highest BCUT2D eigenvalue weighted by molar-refractivity contribution is 7.21. The first kappa shape index (κ1) is 9.68. The second-order valence-corrected chi connectivity index (χ2v) is 6.37. The molecular formula is C14H11NS2. The molecule has 3 heterocycles. The standard InChI is InChI=1S/C14H11NS2/c1-14(11-3-2-6-15-11)9-4-7-16-12(9)13-10(14)5-8-17-13/h2-8,15H,1H3. The smallest absolute Gasteiger partial charge is 0.0602 e. The van der Waals surface area contributed by atoms with Crippen LogP contribution in [0.3, 0.4) is 0 Å². The van der Waals surface area contributed by atoms with Crippen molar-refractivity contribution in [3.05, 3.63) is 58.0 Å². The average molecular weight is 257 g/mol. The summed E-state index contributed by atoms with van der Waals surface area (Å²) in [4.78, 5) is 6.29. The SMILES string of the molecule is CC1(c2ccc[nH]2)c2ccsc2-c2sccc21. The highest BCUT2D eigenvalue weighted by Gasteiger charge is 2.43. The molecule has 0 aromatic carbocycles. The zero-order valence-electron chi connectivity index (χ0n) is 9.36. The van der Waals surface area contributed by atoms with Crippen LogP contribution in [0.5, 0.6) is 0 Å². The van der Waals surface area contributed by atoms with Gasteiger partial charge in [-0.05, 0) is 53.1 Å². The highest BCUT2D eigenvalue weighted by atomic mass is 32.1. The van der Waals surface area contributed by atoms with Crippen LogP contribution in [0.25, 0.3) is 9.75 Å². The Labute approximate surface area is 108 Å². The van der Waals surface area contributed by atoms with E-state index in [1.165, 1.54) is 26.6 Å². The van der Waals surface area contributed by atoms with E-state index in [-0.39, 0.29) is 5.41 Å². The molecule has 4 rings (SSSR count). The molecule has 1 nitrogen and oxygen atoms in total. The van der Waals surface area contributed by atoms with Crippen molar-refractivity contribution in [2.45, 2.75) is 12.3 Å². The minimum absolute atomic E-state index is 0.00810. The van der Waals surface area contributed by atoms with Crippen molar-refractivity contribution in [1.29, 1.82) is 0 Å². The van der Waals surface area contributed by atoms with Crippen molar-refractivity contribution in [1.82, 2.24) is 4.98 Å². The quantitative estimate of drug-likeness (QED) is 0.662. The molecule has 0 spiro atoms. The first-order chi connectivity index (χ1) is 8.32. The number of thiophene rings is 2. The Balaban J connectivity index is 2.11. The number of aromatic amines is 1. The molecule has 0 amide bonds. The lowest BCUT2D eigenvalue weighted by Crippen LogP contribution is -2.21. The Morgan fingerprint density at radius 1 is 1.00 bits per heavy atom. The number of hydrogen-bond donors (Lipinski definition) is 1. The Kier molecular flexibility index (Phi) is 1.78. The van der Waals surface area contributed by atoms with Crippen LogP contribution in [0.4, 0.5) is 0 Å². The molecule has 1 N–H and O–H groups in total. The second kappa shape index (κ2) is 3.12. The largest absolute Gasteiger partial charge is 0.364 e. The highest BCUT2D eigenvalue weighted by Crippen LogP contribution is 2.55. The third-order valence-electron chi connectivity index (χ3n) is 3.75. The maximum Gasteiger partial charge on any atom is 0.0602 e. The van der Waals surface area contributed by atoms with Crippen LogP contribution in [-0.4, -0.2) is 4.98 Å². The predicted molar refractivity (Wildman–Crippen MR) is 74.0 cm³/mol. The van der Waals surface area contributed by atoms with Crippen molar-refractivity contribution in [3.8, 4) is 9.75 Å². The molecule has 0 saturated heterocycles. The van der Waals surface area contributed by atoms with Crippen molar-refractivity contribution in [2.24, 2.45) is 0 Å². The Hall–Kier alpha value is -1.32. The number of nitrogens with one attached hydrogen (secondary N) is 1. The van der Waals surface area contributed by atoms with Gasteiger partial charge >= 0.3 is 0 Å². The van der Waals surface area contributed by atoms with Crippen LogP contribution >= 0.6 is 22.7 Å². The molecule has 3 aromatic heterocycles. The molecule has 0 bridgehead atoms. The van der Waals surface area contributed by atoms with Gasteiger partial charge in [0, 0.05) is 21.6 Å². The zero-order valence-corrected chi connectivity index (χ0v) is 11.0. The summed E-state index contributed by atoms with van der Waals surface area (Å²) in [6, 6.07) is 8.81. The van der Waals surface area contributed by atoms with Gasteiger partial charge in [0.25, 0.3) is 0 Å². The topological polar surface area (TPSA) is 15.8 Å². The predicted octanol–water partition coefficient (Wildman–Crippen LogP) is 4.47. The summed E-state index contributed by atoms with van der Waals surface area (Å²) in [6.45, 7) is 2.32. The summed E-state index contributed by atoms with van der Waals surface area (Å²) in [5, 5.41) is 4.41. The molecule has 1 aliphatic rings. The fourth-order valence-electron chi connectivity index (χ4n) is 2.83. The summed E-state index contributed by atoms with van der Waals surface area (Å²) in [5.74, 6) is 0. The minimum atomic E-state index is 0.00810. The van der Waals surface area contributed by atoms with Gasteiger partial charge in [0.2, 0.25) is 0 Å². The van der Waals surface area contributed by atoms with Crippen LogP contribution in [0.15, 0.2) is 41.2 Å². The molecule has 1 aliphatic carbocycles. The maximum absolute atomic E-state index is 3.39. The molecule has 0 unspecified atom stereocenters. The molecule has 0 atom stereocenters. The van der Waals surface area contributed by atoms with E-state index in [0.717, 1.165) is 0 Å². The van der Waals surface area contributed by atoms with Gasteiger partial charge in [-0.15, -0.1) is 22.7 Å². The van der Waals surface area contributed by atoms with E-state index in [1.54, 1.807) is 0 Å². The van der Waals surface area contributed by atoms with E-state index in [9.17, 15) is 0 Å². The number of H-pyrrole nitrogens is 1. The van der Waals surface area contributed by atoms with Gasteiger partial charge in [0.05, 0.1) is 5.41 Å². The maximum atomic E-state index is 3.39. The Morgan fingerprint density at radius 3 is 2.18 bits per heavy atom. The molecule has 0 fully saturated rings. The van der Waals surface area contributed by atoms with Gasteiger partial charge in [-0.3, -0.25) is 0 Å². The van der Waals surface area contributed by atoms with Crippen LogP contribution in [-0.2, 0) is 5.41 Å². The molecule has 0 saturated carbocycles. The van der Waals surface area contributed by atoms with E-state index >= 15 is 0 Å². The van der Waals surface area contributed by atoms with Gasteiger partial charge in [-0.25, -0.2) is 0 Å². The molecule has 3 heteroatoms. The molecule has 84 valence electrons. The van der Waals surface area contributed by atoms with Crippen molar-refractivity contribution >= 4 is 22.7 Å². The van der Waals surface area contributed by atoms with Gasteiger partial charge in [-0.2, -0.15) is 0 Å². The first-order valence-electron chi connectivity index (χ1n) is 5.62. The van der Waals surface area contributed by atoms with Crippen LogP contribution in [0, 0.1) is 0 Å². The van der Waals surface area contributed by atoms with Gasteiger partial charge in [0.1, 0.15) is 0 Å². The molecule has 3 aromatic rings. The lowest BCUT2D eigenvalue weighted by atomic mass is 9.79. The van der Waals surface area contributed by atoms with Gasteiger partial charge in [0.15, 0.2) is 0 Å². The third kappa shape index (κ3) is 1.04. The van der Waals surface area contributed by atoms with Crippen LogP contribution in [0.2, 0.25) is 0 Å². The summed E-state index contributed by atoms with van der Waals surface area (Å²) in [7, 11) is 0. The zero-order chi connectivity index (χ0) is 11.5. The van der Waals surface area contributed by atoms with Crippen molar-refractivity contribution < 1.29 is 0 Å². The monoisotopic (exact) mass is 257 g/mol. The van der Waals surface area contributed by atoms with E-state index in [1.807, 2.05) is 28.9 Å². The molecule has 0 aliphatic heterocycles. The van der Waals surface area contributed by atoms with E-state index in [4.69, 9.17) is 0 Å². The summed E-state index contributed by atoms with van der Waals surface area (Å²) >= 11 is 3.71. The number of aromatic nitrogens is 1. The van der Waals surface area contributed by atoms with Crippen LogP contribution in [0.1, 0.15) is 23.7 Å². The molecular weight excluding hydrogens is 246 g/mol. The second-order valence-electron chi connectivity index (χ2n) is 4.54. The third-order valence-corrected chi connectivity index (χ3v) is 5.74. The van der Waals surface area contributed by atoms with Crippen molar-refractivity contribution in [3.63, 3.8) is 0 Å². The lowest BCUT2D eigenvalue weighted by molar-refractivity contribution is 0.693. The molecule has 0 radical (unpaired) electrons. The minimum Gasteiger partial charge on any atom is -0.364 e. The van der Waals surface area contributed by atoms with E-state index in [0.29, 0.717) is 0 Å². The Morgan fingerprint density at radius 2 is 1.65 bits per heavy atom. The van der Waals surface area contributed by atoms with Crippen LogP contribution < -0.4 is 0 Å². The fraction of sp³-hybridized carbons (Fsp3) is 0.143. The van der Waals surface area contributed by atoms with Gasteiger partial charge in [-0.1, -0.05) is 0 Å². The van der Waals surface area contributed by atoms with E-state index in [2.05, 4.69) is 46.9 Å². The normalized spacial score (nSPS) is 15.8. The Bertz CT molecular complexity index is 632. The summed E-state index contributed by atoms with van der Waals surface area (Å²) in [6.07, 6.45) is 2.01. The average Bonchev–Trinajstić information content (AvgIpc) is 3.06. The number of fused-ring (bicyclic) bond motifs is 3.